The van der Waals surface area contributed by atoms with E-state index in [-0.39, 0.29) is 18.6 Å². The molecule has 1 aliphatic rings. The summed E-state index contributed by atoms with van der Waals surface area (Å²) in [6, 6.07) is 0. The van der Waals surface area contributed by atoms with Gasteiger partial charge in [0.05, 0.1) is 6.10 Å². The van der Waals surface area contributed by atoms with Crippen LogP contribution in [0.15, 0.2) is 4.99 Å². The Morgan fingerprint density at radius 1 is 1.36 bits per heavy atom. The van der Waals surface area contributed by atoms with Crippen molar-refractivity contribution in [3.63, 3.8) is 0 Å². The molecule has 0 heterocycles. The molecule has 0 bridgehead atoms. The highest BCUT2D eigenvalue weighted by atomic mass is 16.5. The van der Waals surface area contributed by atoms with Gasteiger partial charge < -0.3 is 4.74 Å². The fraction of sp³-hybridized carbons (Fsp3) is 0.818. The van der Waals surface area contributed by atoms with Crippen LogP contribution in [0.2, 0.25) is 0 Å². The van der Waals surface area contributed by atoms with Crippen LogP contribution < -0.4 is 0 Å². The number of hydrogen-bond donors (Lipinski definition) is 0. The molecule has 0 saturated heterocycles. The van der Waals surface area contributed by atoms with E-state index < -0.39 is 0 Å². The van der Waals surface area contributed by atoms with Gasteiger partial charge in [-0.15, -0.1) is 0 Å². The molecule has 0 aromatic rings. The van der Waals surface area contributed by atoms with Gasteiger partial charge >= 0.3 is 5.97 Å². The molecular formula is C11H19NO2. The normalized spacial score (nSPS) is 16.9. The third-order valence-corrected chi connectivity index (χ3v) is 2.23. The lowest BCUT2D eigenvalue weighted by Gasteiger charge is -2.12. The molecule has 80 valence electrons. The van der Waals surface area contributed by atoms with Gasteiger partial charge in [0.1, 0.15) is 6.54 Å². The van der Waals surface area contributed by atoms with E-state index in [0.29, 0.717) is 0 Å². The van der Waals surface area contributed by atoms with Crippen LogP contribution in [0.25, 0.3) is 0 Å². The number of carbonyl (C=O) groups is 1. The Hall–Kier alpha value is -0.860. The maximum Gasteiger partial charge on any atom is 0.327 e. The van der Waals surface area contributed by atoms with Gasteiger partial charge in [-0.3, -0.25) is 9.79 Å². The van der Waals surface area contributed by atoms with Gasteiger partial charge in [0, 0.05) is 5.71 Å². The third-order valence-electron chi connectivity index (χ3n) is 2.23. The molecule has 0 aromatic carbocycles. The number of aliphatic imine (C=N–C) groups is 1. The maximum absolute atomic E-state index is 11.2. The Balaban J connectivity index is 2.26. The van der Waals surface area contributed by atoms with Crippen molar-refractivity contribution in [2.75, 3.05) is 6.54 Å². The van der Waals surface area contributed by atoms with Crippen molar-refractivity contribution in [2.45, 2.75) is 52.1 Å². The first-order chi connectivity index (χ1) is 6.68. The first-order valence-electron chi connectivity index (χ1n) is 5.40. The lowest BCUT2D eigenvalue weighted by atomic mass is 9.99. The average molecular weight is 197 g/mol. The number of rotatable bonds is 3. The van der Waals surface area contributed by atoms with Crippen molar-refractivity contribution >= 4 is 11.7 Å². The Labute approximate surface area is 85.6 Å². The van der Waals surface area contributed by atoms with Gasteiger partial charge in [0.25, 0.3) is 0 Å². The fourth-order valence-electron chi connectivity index (χ4n) is 1.59. The van der Waals surface area contributed by atoms with E-state index in [4.69, 9.17) is 4.74 Å². The largest absolute Gasteiger partial charge is 0.462 e. The highest BCUT2D eigenvalue weighted by Gasteiger charge is 2.08. The second-order valence-corrected chi connectivity index (χ2v) is 3.98. The van der Waals surface area contributed by atoms with Gasteiger partial charge in [-0.1, -0.05) is 6.42 Å². The number of ether oxygens (including phenoxy) is 1. The van der Waals surface area contributed by atoms with Crippen molar-refractivity contribution in [1.29, 1.82) is 0 Å². The second kappa shape index (κ2) is 5.78. The summed E-state index contributed by atoms with van der Waals surface area (Å²) in [4.78, 5) is 15.4. The predicted octanol–water partition coefficient (Wildman–Crippen LogP) is 2.34. The van der Waals surface area contributed by atoms with Crippen LogP contribution in [0.5, 0.6) is 0 Å². The van der Waals surface area contributed by atoms with E-state index >= 15 is 0 Å². The summed E-state index contributed by atoms with van der Waals surface area (Å²) in [7, 11) is 0. The van der Waals surface area contributed by atoms with Crippen LogP contribution in [-0.2, 0) is 9.53 Å². The van der Waals surface area contributed by atoms with Crippen molar-refractivity contribution in [3.8, 4) is 0 Å². The summed E-state index contributed by atoms with van der Waals surface area (Å²) >= 11 is 0. The second-order valence-electron chi connectivity index (χ2n) is 3.98. The molecule has 0 amide bonds. The summed E-state index contributed by atoms with van der Waals surface area (Å²) in [6.45, 7) is 3.91. The minimum Gasteiger partial charge on any atom is -0.462 e. The van der Waals surface area contributed by atoms with E-state index in [1.807, 2.05) is 13.8 Å². The molecule has 0 unspecified atom stereocenters. The minimum atomic E-state index is -0.210. The summed E-state index contributed by atoms with van der Waals surface area (Å²) in [6.07, 6.45) is 5.84. The molecule has 0 aromatic heterocycles. The predicted molar refractivity (Wildman–Crippen MR) is 56.6 cm³/mol. The first-order valence-corrected chi connectivity index (χ1v) is 5.40. The summed E-state index contributed by atoms with van der Waals surface area (Å²) in [5.41, 5.74) is 1.19. The molecule has 0 atom stereocenters. The van der Waals surface area contributed by atoms with Crippen LogP contribution in [0.1, 0.15) is 46.0 Å². The molecule has 1 aliphatic carbocycles. The average Bonchev–Trinajstić information content (AvgIpc) is 2.15. The van der Waals surface area contributed by atoms with Crippen molar-refractivity contribution in [3.05, 3.63) is 0 Å². The molecule has 1 saturated carbocycles. The summed E-state index contributed by atoms with van der Waals surface area (Å²) in [5.74, 6) is -0.210. The zero-order valence-electron chi connectivity index (χ0n) is 9.08. The molecule has 3 heteroatoms. The number of carbonyl (C=O) groups excluding carboxylic acids is 1. The highest BCUT2D eigenvalue weighted by Crippen LogP contribution is 2.14. The fourth-order valence-corrected chi connectivity index (χ4v) is 1.59. The standard InChI is InChI=1S/C11H19NO2/c1-9(2)14-11(13)8-12-10-6-4-3-5-7-10/h9H,3-8H2,1-2H3. The SMILES string of the molecule is CC(C)OC(=O)CN=C1CCCCC1. The molecule has 0 spiro atoms. The number of hydrogen-bond acceptors (Lipinski definition) is 3. The number of esters is 1. The van der Waals surface area contributed by atoms with Crippen LogP contribution in [0.3, 0.4) is 0 Å². The molecule has 14 heavy (non-hydrogen) atoms. The quantitative estimate of drug-likeness (QED) is 0.651. The monoisotopic (exact) mass is 197 g/mol. The Kier molecular flexibility index (Phi) is 4.63. The lowest BCUT2D eigenvalue weighted by Crippen LogP contribution is -2.15. The van der Waals surface area contributed by atoms with Crippen LogP contribution >= 0.6 is 0 Å². The summed E-state index contributed by atoms with van der Waals surface area (Å²) < 4.78 is 5.00. The molecule has 0 N–H and O–H groups in total. The third kappa shape index (κ3) is 4.40. The lowest BCUT2D eigenvalue weighted by molar-refractivity contribution is -0.145. The zero-order valence-corrected chi connectivity index (χ0v) is 9.08. The van der Waals surface area contributed by atoms with Crippen molar-refractivity contribution in [1.82, 2.24) is 0 Å². The topological polar surface area (TPSA) is 38.7 Å². The smallest absolute Gasteiger partial charge is 0.327 e. The summed E-state index contributed by atoms with van der Waals surface area (Å²) in [5, 5.41) is 0. The van der Waals surface area contributed by atoms with Crippen LogP contribution in [0, 0.1) is 0 Å². The van der Waals surface area contributed by atoms with Crippen molar-refractivity contribution in [2.24, 2.45) is 4.99 Å². The van der Waals surface area contributed by atoms with Crippen LogP contribution in [0.4, 0.5) is 0 Å². The van der Waals surface area contributed by atoms with E-state index in [0.717, 1.165) is 12.8 Å². The molecule has 0 radical (unpaired) electrons. The minimum absolute atomic E-state index is 0.0333. The molecule has 1 fully saturated rings. The Morgan fingerprint density at radius 2 is 2.00 bits per heavy atom. The van der Waals surface area contributed by atoms with E-state index in [2.05, 4.69) is 4.99 Å². The van der Waals surface area contributed by atoms with Gasteiger partial charge in [-0.25, -0.2) is 0 Å². The van der Waals surface area contributed by atoms with E-state index in [1.165, 1.54) is 25.0 Å². The van der Waals surface area contributed by atoms with E-state index in [9.17, 15) is 4.79 Å². The first kappa shape index (κ1) is 11.2. The highest BCUT2D eigenvalue weighted by molar-refractivity contribution is 5.87. The van der Waals surface area contributed by atoms with Crippen LogP contribution in [-0.4, -0.2) is 24.3 Å². The zero-order chi connectivity index (χ0) is 10.4. The molecular weight excluding hydrogens is 178 g/mol. The van der Waals surface area contributed by atoms with Gasteiger partial charge in [0.15, 0.2) is 0 Å². The molecule has 1 rings (SSSR count). The number of nitrogens with zero attached hydrogens (tertiary/aromatic N) is 1. The molecule has 0 aliphatic heterocycles. The maximum atomic E-state index is 11.2. The van der Waals surface area contributed by atoms with Gasteiger partial charge in [-0.05, 0) is 39.5 Å². The van der Waals surface area contributed by atoms with Crippen molar-refractivity contribution < 1.29 is 9.53 Å². The Morgan fingerprint density at radius 3 is 2.57 bits per heavy atom. The Bertz CT molecular complexity index is 213. The van der Waals surface area contributed by atoms with Gasteiger partial charge in [0.2, 0.25) is 0 Å². The van der Waals surface area contributed by atoms with E-state index in [1.54, 1.807) is 0 Å². The molecule has 3 nitrogen and oxygen atoms in total. The van der Waals surface area contributed by atoms with Gasteiger partial charge in [-0.2, -0.15) is 0 Å².